The van der Waals surface area contributed by atoms with Gasteiger partial charge in [-0.1, -0.05) is 24.3 Å². The van der Waals surface area contributed by atoms with Crippen LogP contribution in [0, 0.1) is 0 Å². The Morgan fingerprint density at radius 1 is 0.944 bits per heavy atom. The summed E-state index contributed by atoms with van der Waals surface area (Å²) in [6.07, 6.45) is 4.08. The first kappa shape index (κ1) is 22.8. The van der Waals surface area contributed by atoms with Crippen LogP contribution in [-0.4, -0.2) is 85.2 Å². The molecule has 0 unspecified atom stereocenters. The summed E-state index contributed by atoms with van der Waals surface area (Å²) in [6, 6.07) is 18.8. The average molecular weight is 482 g/mol. The van der Waals surface area contributed by atoms with E-state index in [9.17, 15) is 4.79 Å². The quantitative estimate of drug-likeness (QED) is 0.465. The molecule has 2 aliphatic rings. The third-order valence-electron chi connectivity index (χ3n) is 7.51. The number of hydrogen-bond donors (Lipinski definition) is 1. The maximum atomic E-state index is 12.7. The van der Waals surface area contributed by atoms with E-state index < -0.39 is 0 Å². The van der Waals surface area contributed by atoms with E-state index >= 15 is 0 Å². The minimum absolute atomic E-state index is 0.0535. The van der Waals surface area contributed by atoms with Crippen LogP contribution < -0.4 is 4.90 Å². The molecule has 6 rings (SSSR count). The van der Waals surface area contributed by atoms with E-state index in [1.54, 1.807) is 7.11 Å². The van der Waals surface area contributed by atoms with Crippen molar-refractivity contribution in [2.45, 2.75) is 6.10 Å². The number of methoxy groups -OCH3 is 1. The highest BCUT2D eigenvalue weighted by molar-refractivity contribution is 5.98. The van der Waals surface area contributed by atoms with Gasteiger partial charge in [0, 0.05) is 86.5 Å². The van der Waals surface area contributed by atoms with E-state index in [4.69, 9.17) is 4.74 Å². The van der Waals surface area contributed by atoms with Crippen molar-refractivity contribution >= 4 is 22.6 Å². The number of ether oxygens (including phenoxy) is 1. The molecule has 0 radical (unpaired) electrons. The molecule has 0 atom stereocenters. The predicted molar refractivity (Wildman–Crippen MR) is 143 cm³/mol. The van der Waals surface area contributed by atoms with Crippen LogP contribution in [0.3, 0.4) is 0 Å². The van der Waals surface area contributed by atoms with Crippen LogP contribution in [0.15, 0.2) is 67.0 Å². The summed E-state index contributed by atoms with van der Waals surface area (Å²) in [4.78, 5) is 27.3. The SMILES string of the molecule is COC1CN(C(=O)c2ccc(-c3c[nH]c4ncc(-c5ccc(N6CCN(C)CC6)cc5)cc34)cc2)C1. The molecule has 1 amide bonds. The fourth-order valence-electron chi connectivity index (χ4n) is 5.06. The molecule has 2 aliphatic heterocycles. The molecule has 0 aliphatic carbocycles. The summed E-state index contributed by atoms with van der Waals surface area (Å²) >= 11 is 0. The number of anilines is 1. The first-order chi connectivity index (χ1) is 17.6. The van der Waals surface area contributed by atoms with Crippen molar-refractivity contribution in [2.75, 3.05) is 58.3 Å². The topological polar surface area (TPSA) is 64.7 Å². The van der Waals surface area contributed by atoms with Crippen molar-refractivity contribution < 1.29 is 9.53 Å². The van der Waals surface area contributed by atoms with Gasteiger partial charge in [0.05, 0.1) is 6.10 Å². The fraction of sp³-hybridized carbons (Fsp3) is 0.310. The van der Waals surface area contributed by atoms with Crippen LogP contribution in [0.2, 0.25) is 0 Å². The van der Waals surface area contributed by atoms with E-state index in [1.165, 1.54) is 5.69 Å². The van der Waals surface area contributed by atoms with Crippen LogP contribution in [0.5, 0.6) is 0 Å². The molecule has 2 saturated heterocycles. The number of carbonyl (C=O) groups is 1. The van der Waals surface area contributed by atoms with Crippen LogP contribution >= 0.6 is 0 Å². The van der Waals surface area contributed by atoms with E-state index in [0.29, 0.717) is 18.7 Å². The number of benzene rings is 2. The molecular formula is C29H31N5O2. The number of H-pyrrole nitrogens is 1. The molecule has 184 valence electrons. The largest absolute Gasteiger partial charge is 0.378 e. The van der Waals surface area contributed by atoms with Gasteiger partial charge in [0.25, 0.3) is 5.91 Å². The van der Waals surface area contributed by atoms with Crippen LogP contribution in [0.1, 0.15) is 10.4 Å². The molecule has 0 bridgehead atoms. The van der Waals surface area contributed by atoms with Gasteiger partial charge in [-0.3, -0.25) is 4.79 Å². The number of amides is 1. The number of aromatic nitrogens is 2. The summed E-state index contributed by atoms with van der Waals surface area (Å²) in [5.74, 6) is 0.0535. The minimum atomic E-state index is 0.0535. The van der Waals surface area contributed by atoms with Crippen molar-refractivity contribution in [3.8, 4) is 22.3 Å². The van der Waals surface area contributed by atoms with Crippen LogP contribution in [0.25, 0.3) is 33.3 Å². The fourth-order valence-corrected chi connectivity index (χ4v) is 5.06. The molecule has 1 N–H and O–H groups in total. The Morgan fingerprint density at radius 2 is 1.64 bits per heavy atom. The van der Waals surface area contributed by atoms with Crippen molar-refractivity contribution in [3.63, 3.8) is 0 Å². The Labute approximate surface area is 211 Å². The Balaban J connectivity index is 1.22. The third-order valence-corrected chi connectivity index (χ3v) is 7.51. The molecule has 2 aromatic heterocycles. The van der Waals surface area contributed by atoms with E-state index in [1.807, 2.05) is 41.6 Å². The highest BCUT2D eigenvalue weighted by atomic mass is 16.5. The van der Waals surface area contributed by atoms with Crippen molar-refractivity contribution in [2.24, 2.45) is 0 Å². The normalized spacial score (nSPS) is 16.9. The molecule has 7 nitrogen and oxygen atoms in total. The molecule has 0 saturated carbocycles. The second kappa shape index (κ2) is 9.41. The summed E-state index contributed by atoms with van der Waals surface area (Å²) < 4.78 is 5.28. The van der Waals surface area contributed by atoms with Gasteiger partial charge in [0.15, 0.2) is 0 Å². The third kappa shape index (κ3) is 4.25. The van der Waals surface area contributed by atoms with Crippen molar-refractivity contribution in [3.05, 3.63) is 72.6 Å². The number of aromatic amines is 1. The Hall–Kier alpha value is -3.68. The van der Waals surface area contributed by atoms with E-state index in [0.717, 1.165) is 59.5 Å². The number of nitrogens with one attached hydrogen (secondary N) is 1. The Morgan fingerprint density at radius 3 is 2.33 bits per heavy atom. The van der Waals surface area contributed by atoms with Gasteiger partial charge in [-0.2, -0.15) is 0 Å². The summed E-state index contributed by atoms with van der Waals surface area (Å²) in [7, 11) is 3.86. The van der Waals surface area contributed by atoms with Gasteiger partial charge in [0.2, 0.25) is 0 Å². The molecule has 2 fully saturated rings. The van der Waals surface area contributed by atoms with Gasteiger partial charge >= 0.3 is 0 Å². The standard InChI is InChI=1S/C29H31N5O2/c1-32-11-13-33(14-12-32)24-9-7-20(8-10-24)23-15-26-27(17-31-28(26)30-16-23)21-3-5-22(6-4-21)29(35)34-18-25(19-34)36-2/h3-10,15-17,25H,11-14,18-19H2,1-2H3,(H,30,31). The summed E-state index contributed by atoms with van der Waals surface area (Å²) in [5, 5.41) is 1.07. The van der Waals surface area contributed by atoms with Gasteiger partial charge in [-0.15, -0.1) is 0 Å². The number of nitrogens with zero attached hydrogens (tertiary/aromatic N) is 4. The number of pyridine rings is 1. The number of carbonyl (C=O) groups excluding carboxylic acids is 1. The molecule has 7 heteroatoms. The lowest BCUT2D eigenvalue weighted by molar-refractivity contribution is -0.0191. The lowest BCUT2D eigenvalue weighted by Crippen LogP contribution is -2.54. The second-order valence-electron chi connectivity index (χ2n) is 9.80. The zero-order valence-electron chi connectivity index (χ0n) is 20.8. The first-order valence-corrected chi connectivity index (χ1v) is 12.5. The minimum Gasteiger partial charge on any atom is -0.378 e. The maximum absolute atomic E-state index is 12.7. The molecule has 36 heavy (non-hydrogen) atoms. The highest BCUT2D eigenvalue weighted by Crippen LogP contribution is 2.32. The van der Waals surface area contributed by atoms with Gasteiger partial charge < -0.3 is 24.4 Å². The monoisotopic (exact) mass is 481 g/mol. The number of likely N-dealkylation sites (tertiary alicyclic amines) is 1. The Kier molecular flexibility index (Phi) is 5.95. The lowest BCUT2D eigenvalue weighted by atomic mass is 10.0. The smallest absolute Gasteiger partial charge is 0.254 e. The molecular weight excluding hydrogens is 450 g/mol. The zero-order chi connectivity index (χ0) is 24.6. The van der Waals surface area contributed by atoms with Gasteiger partial charge in [-0.05, 0) is 48.5 Å². The van der Waals surface area contributed by atoms with E-state index in [-0.39, 0.29) is 12.0 Å². The Bertz CT molecular complexity index is 1370. The van der Waals surface area contributed by atoms with Crippen molar-refractivity contribution in [1.82, 2.24) is 19.8 Å². The average Bonchev–Trinajstić information content (AvgIpc) is 3.32. The second-order valence-corrected chi connectivity index (χ2v) is 9.80. The number of fused-ring (bicyclic) bond motifs is 1. The summed E-state index contributed by atoms with van der Waals surface area (Å²) in [5.41, 5.74) is 7.21. The molecule has 4 aromatic rings. The lowest BCUT2D eigenvalue weighted by Gasteiger charge is -2.38. The predicted octanol–water partition coefficient (Wildman–Crippen LogP) is 4.12. The number of piperazine rings is 1. The maximum Gasteiger partial charge on any atom is 0.254 e. The molecule has 4 heterocycles. The first-order valence-electron chi connectivity index (χ1n) is 12.5. The van der Waals surface area contributed by atoms with E-state index in [2.05, 4.69) is 57.1 Å². The van der Waals surface area contributed by atoms with Gasteiger partial charge in [-0.25, -0.2) is 4.98 Å². The molecule has 0 spiro atoms. The van der Waals surface area contributed by atoms with Crippen LogP contribution in [0.4, 0.5) is 5.69 Å². The highest BCUT2D eigenvalue weighted by Gasteiger charge is 2.31. The van der Waals surface area contributed by atoms with Gasteiger partial charge in [0.1, 0.15) is 5.65 Å². The summed E-state index contributed by atoms with van der Waals surface area (Å²) in [6.45, 7) is 5.63. The zero-order valence-corrected chi connectivity index (χ0v) is 20.8. The number of rotatable bonds is 5. The molecule has 2 aromatic carbocycles. The van der Waals surface area contributed by atoms with Crippen molar-refractivity contribution in [1.29, 1.82) is 0 Å². The number of likely N-dealkylation sites (N-methyl/N-ethyl adjacent to an activating group) is 1. The van der Waals surface area contributed by atoms with Crippen LogP contribution in [-0.2, 0) is 4.74 Å². The number of hydrogen-bond acceptors (Lipinski definition) is 5.